The summed E-state index contributed by atoms with van der Waals surface area (Å²) in [5.74, 6) is 0.527. The highest BCUT2D eigenvalue weighted by Crippen LogP contribution is 2.27. The second kappa shape index (κ2) is 7.75. The summed E-state index contributed by atoms with van der Waals surface area (Å²) in [5.41, 5.74) is 1.34. The van der Waals surface area contributed by atoms with E-state index in [1.807, 2.05) is 20.8 Å². The van der Waals surface area contributed by atoms with Gasteiger partial charge in [0.05, 0.1) is 5.56 Å². The molecule has 158 valence electrons. The van der Waals surface area contributed by atoms with Crippen LogP contribution in [0.2, 0.25) is 0 Å². The molecule has 0 atom stereocenters. The summed E-state index contributed by atoms with van der Waals surface area (Å²) in [6.45, 7) is 7.63. The summed E-state index contributed by atoms with van der Waals surface area (Å²) in [4.78, 5) is 25.6. The number of nitrogens with one attached hydrogen (secondary N) is 1. The van der Waals surface area contributed by atoms with E-state index in [4.69, 9.17) is 4.52 Å². The van der Waals surface area contributed by atoms with Gasteiger partial charge in [0.2, 0.25) is 0 Å². The van der Waals surface area contributed by atoms with Gasteiger partial charge in [0, 0.05) is 23.5 Å². The van der Waals surface area contributed by atoms with Crippen molar-refractivity contribution in [1.29, 1.82) is 0 Å². The molecule has 0 aliphatic heterocycles. The van der Waals surface area contributed by atoms with Crippen LogP contribution in [0.25, 0.3) is 17.3 Å². The molecule has 0 radical (unpaired) electrons. The number of carbonyl (C=O) groups is 1. The van der Waals surface area contributed by atoms with Gasteiger partial charge in [0.15, 0.2) is 11.6 Å². The van der Waals surface area contributed by atoms with E-state index in [1.165, 1.54) is 18.6 Å². The average Bonchev–Trinajstić information content (AvgIpc) is 3.40. The molecule has 0 bridgehead atoms. The number of aryl methyl sites for hydroxylation is 1. The maximum Gasteiger partial charge on any atom is 0.275 e. The largest absolute Gasteiger partial charge is 0.334 e. The van der Waals surface area contributed by atoms with Gasteiger partial charge in [0.1, 0.15) is 17.8 Å². The third-order valence-corrected chi connectivity index (χ3v) is 4.60. The molecule has 0 saturated heterocycles. The highest BCUT2D eigenvalue weighted by atomic mass is 19.1. The number of benzene rings is 1. The van der Waals surface area contributed by atoms with Gasteiger partial charge in [-0.3, -0.25) is 9.36 Å². The molecule has 31 heavy (non-hydrogen) atoms. The summed E-state index contributed by atoms with van der Waals surface area (Å²) < 4.78 is 20.8. The number of imidazole rings is 1. The SMILES string of the molecule is Cc1ccc(NC(=O)c2cn(-c3ncccc3-c3nc(C(C)(C)C)no3)cn2)cc1F. The first-order valence-electron chi connectivity index (χ1n) is 9.64. The molecular weight excluding hydrogens is 399 g/mol. The molecule has 4 rings (SSSR count). The molecule has 0 saturated carbocycles. The fourth-order valence-electron chi connectivity index (χ4n) is 2.83. The average molecular weight is 420 g/mol. The van der Waals surface area contributed by atoms with Crippen molar-refractivity contribution in [2.45, 2.75) is 33.1 Å². The van der Waals surface area contributed by atoms with Gasteiger partial charge in [0.25, 0.3) is 11.8 Å². The first-order chi connectivity index (χ1) is 14.7. The second-order valence-electron chi connectivity index (χ2n) is 8.13. The first kappa shape index (κ1) is 20.4. The van der Waals surface area contributed by atoms with Crippen LogP contribution < -0.4 is 5.32 Å². The van der Waals surface area contributed by atoms with E-state index in [-0.39, 0.29) is 11.1 Å². The van der Waals surface area contributed by atoms with Gasteiger partial charge in [-0.1, -0.05) is 32.0 Å². The van der Waals surface area contributed by atoms with Crippen molar-refractivity contribution in [2.24, 2.45) is 0 Å². The summed E-state index contributed by atoms with van der Waals surface area (Å²) in [6.07, 6.45) is 4.62. The zero-order valence-electron chi connectivity index (χ0n) is 17.5. The van der Waals surface area contributed by atoms with Crippen LogP contribution in [0.3, 0.4) is 0 Å². The molecule has 0 aliphatic carbocycles. The van der Waals surface area contributed by atoms with E-state index in [2.05, 4.69) is 25.4 Å². The van der Waals surface area contributed by atoms with Gasteiger partial charge in [-0.15, -0.1) is 0 Å². The van der Waals surface area contributed by atoms with Crippen LogP contribution in [0.15, 0.2) is 53.6 Å². The minimum absolute atomic E-state index is 0.151. The number of hydrogen-bond donors (Lipinski definition) is 1. The van der Waals surface area contributed by atoms with E-state index in [9.17, 15) is 9.18 Å². The number of carbonyl (C=O) groups excluding carboxylic acids is 1. The van der Waals surface area contributed by atoms with E-state index < -0.39 is 11.7 Å². The summed E-state index contributed by atoms with van der Waals surface area (Å²) in [5, 5.41) is 6.70. The van der Waals surface area contributed by atoms with Gasteiger partial charge in [-0.05, 0) is 36.8 Å². The van der Waals surface area contributed by atoms with Crippen LogP contribution in [0.5, 0.6) is 0 Å². The monoisotopic (exact) mass is 420 g/mol. The Morgan fingerprint density at radius 3 is 2.71 bits per heavy atom. The molecule has 3 aromatic heterocycles. The van der Waals surface area contributed by atoms with E-state index in [0.29, 0.717) is 34.3 Å². The summed E-state index contributed by atoms with van der Waals surface area (Å²) >= 11 is 0. The van der Waals surface area contributed by atoms with Crippen LogP contribution in [0.1, 0.15) is 42.6 Å². The standard InChI is InChI=1S/C22H21FN6O2/c1-13-7-8-14(10-16(13)23)26-19(30)17-11-29(12-25-17)18-15(6-5-9-24-18)20-27-21(28-31-20)22(2,3)4/h5-12H,1-4H3,(H,26,30). The molecule has 4 aromatic rings. The number of pyridine rings is 1. The van der Waals surface area contributed by atoms with Crippen LogP contribution in [-0.2, 0) is 5.41 Å². The number of hydrogen-bond acceptors (Lipinski definition) is 6. The Kier molecular flexibility index (Phi) is 5.10. The molecule has 8 nitrogen and oxygen atoms in total. The summed E-state index contributed by atoms with van der Waals surface area (Å²) in [7, 11) is 0. The van der Waals surface area contributed by atoms with E-state index in [0.717, 1.165) is 0 Å². The smallest absolute Gasteiger partial charge is 0.275 e. The lowest BCUT2D eigenvalue weighted by Gasteiger charge is -2.11. The topological polar surface area (TPSA) is 98.7 Å². The van der Waals surface area contributed by atoms with Crippen molar-refractivity contribution in [2.75, 3.05) is 5.32 Å². The van der Waals surface area contributed by atoms with E-state index in [1.54, 1.807) is 42.0 Å². The molecule has 1 aromatic carbocycles. The molecule has 0 spiro atoms. The third-order valence-electron chi connectivity index (χ3n) is 4.60. The fraction of sp³-hybridized carbons (Fsp3) is 0.227. The molecule has 3 heterocycles. The molecular formula is C22H21FN6O2. The first-order valence-corrected chi connectivity index (χ1v) is 9.64. The highest BCUT2D eigenvalue weighted by Gasteiger charge is 2.23. The quantitative estimate of drug-likeness (QED) is 0.528. The molecule has 0 fully saturated rings. The third kappa shape index (κ3) is 4.20. The Morgan fingerprint density at radius 2 is 2.00 bits per heavy atom. The van der Waals surface area contributed by atoms with Crippen molar-refractivity contribution in [1.82, 2.24) is 24.7 Å². The Labute approximate surface area is 178 Å². The number of rotatable bonds is 4. The van der Waals surface area contributed by atoms with Crippen molar-refractivity contribution < 1.29 is 13.7 Å². The normalized spacial score (nSPS) is 11.5. The van der Waals surface area contributed by atoms with Gasteiger partial charge in [-0.25, -0.2) is 14.4 Å². The molecule has 0 aliphatic rings. The zero-order valence-corrected chi connectivity index (χ0v) is 17.5. The number of aromatic nitrogens is 5. The van der Waals surface area contributed by atoms with Crippen molar-refractivity contribution in [3.05, 3.63) is 72.0 Å². The minimum Gasteiger partial charge on any atom is -0.334 e. The van der Waals surface area contributed by atoms with Crippen LogP contribution in [0, 0.1) is 12.7 Å². The molecule has 0 unspecified atom stereocenters. The molecule has 1 amide bonds. The Hall–Kier alpha value is -3.88. The van der Waals surface area contributed by atoms with Gasteiger partial charge < -0.3 is 9.84 Å². The molecule has 9 heteroatoms. The number of nitrogens with zero attached hydrogens (tertiary/aromatic N) is 5. The second-order valence-corrected chi connectivity index (χ2v) is 8.13. The van der Waals surface area contributed by atoms with Gasteiger partial charge >= 0.3 is 0 Å². The number of halogens is 1. The van der Waals surface area contributed by atoms with Crippen LogP contribution in [0.4, 0.5) is 10.1 Å². The maximum absolute atomic E-state index is 13.7. The minimum atomic E-state index is -0.465. The Balaban J connectivity index is 1.61. The van der Waals surface area contributed by atoms with Crippen molar-refractivity contribution >= 4 is 11.6 Å². The predicted octanol–water partition coefficient (Wildman–Crippen LogP) is 4.31. The predicted molar refractivity (Wildman–Crippen MR) is 112 cm³/mol. The van der Waals surface area contributed by atoms with Crippen molar-refractivity contribution in [3.63, 3.8) is 0 Å². The maximum atomic E-state index is 13.7. The highest BCUT2D eigenvalue weighted by molar-refractivity contribution is 6.02. The number of anilines is 1. The zero-order chi connectivity index (χ0) is 22.2. The van der Waals surface area contributed by atoms with Crippen LogP contribution in [-0.4, -0.2) is 30.6 Å². The Morgan fingerprint density at radius 1 is 1.19 bits per heavy atom. The lowest BCUT2D eigenvalue weighted by Crippen LogP contribution is -2.13. The van der Waals surface area contributed by atoms with Gasteiger partial charge in [-0.2, -0.15) is 4.98 Å². The summed E-state index contributed by atoms with van der Waals surface area (Å²) in [6, 6.07) is 8.06. The Bertz CT molecular complexity index is 1250. The lowest BCUT2D eigenvalue weighted by molar-refractivity contribution is 0.102. The fourth-order valence-corrected chi connectivity index (χ4v) is 2.83. The van der Waals surface area contributed by atoms with Crippen LogP contribution >= 0.6 is 0 Å². The van der Waals surface area contributed by atoms with E-state index >= 15 is 0 Å². The number of amides is 1. The molecule has 1 N–H and O–H groups in total. The lowest BCUT2D eigenvalue weighted by atomic mass is 9.96. The van der Waals surface area contributed by atoms with Crippen molar-refractivity contribution in [3.8, 4) is 17.3 Å².